The number of aliphatic hydroxyl groups excluding tert-OH is 1. The third kappa shape index (κ3) is 4.93. The minimum atomic E-state index is -1.20. The lowest BCUT2D eigenvalue weighted by atomic mass is 9.65. The minimum absolute atomic E-state index is 0.135. The Balaban J connectivity index is 1.85. The lowest BCUT2D eigenvalue weighted by Crippen LogP contribution is -2.60. The Kier molecular flexibility index (Phi) is 9.14. The highest BCUT2D eigenvalue weighted by Crippen LogP contribution is 2.65. The van der Waals surface area contributed by atoms with E-state index in [9.17, 15) is 19.5 Å². The van der Waals surface area contributed by atoms with Gasteiger partial charge < -0.3 is 24.4 Å². The molecule has 1 aromatic carbocycles. The van der Waals surface area contributed by atoms with Crippen LogP contribution in [0.15, 0.2) is 43.5 Å². The van der Waals surface area contributed by atoms with Crippen molar-refractivity contribution in [2.75, 3.05) is 24.7 Å². The molecule has 224 valence electrons. The molecule has 0 aliphatic carbocycles. The predicted molar refractivity (Wildman–Crippen MR) is 158 cm³/mol. The van der Waals surface area contributed by atoms with Crippen molar-refractivity contribution < 1.29 is 29.0 Å². The summed E-state index contributed by atoms with van der Waals surface area (Å²) in [5.41, 5.74) is 0.540. The maximum Gasteiger partial charge on any atom is 0.312 e. The van der Waals surface area contributed by atoms with Gasteiger partial charge in [0.2, 0.25) is 5.91 Å². The molecule has 0 saturated carbocycles. The molecule has 3 aliphatic heterocycles. The van der Waals surface area contributed by atoms with Gasteiger partial charge in [0.05, 0.1) is 30.8 Å². The van der Waals surface area contributed by atoms with Crippen molar-refractivity contribution in [2.45, 2.75) is 90.0 Å². The molecule has 2 amide bonds. The first-order valence-electron chi connectivity index (χ1n) is 14.9. The Hall–Kier alpha value is -2.97. The van der Waals surface area contributed by atoms with E-state index in [4.69, 9.17) is 9.47 Å². The second-order valence-corrected chi connectivity index (χ2v) is 12.1. The normalized spacial score (nSPS) is 29.0. The summed E-state index contributed by atoms with van der Waals surface area (Å²) >= 11 is 0. The van der Waals surface area contributed by atoms with Gasteiger partial charge in [-0.3, -0.25) is 14.4 Å². The maximum atomic E-state index is 14.9. The number of aliphatic hydroxyl groups is 1. The van der Waals surface area contributed by atoms with Gasteiger partial charge in [-0.15, -0.1) is 13.2 Å². The van der Waals surface area contributed by atoms with Crippen molar-refractivity contribution in [3.05, 3.63) is 54.6 Å². The van der Waals surface area contributed by atoms with Crippen molar-refractivity contribution in [2.24, 2.45) is 17.8 Å². The van der Waals surface area contributed by atoms with E-state index >= 15 is 0 Å². The zero-order chi connectivity index (χ0) is 30.1. The van der Waals surface area contributed by atoms with Gasteiger partial charge in [-0.2, -0.15) is 0 Å². The first kappa shape index (κ1) is 31.0. The van der Waals surface area contributed by atoms with Gasteiger partial charge >= 0.3 is 5.97 Å². The van der Waals surface area contributed by atoms with Crippen molar-refractivity contribution in [3.63, 3.8) is 0 Å². The smallest absolute Gasteiger partial charge is 0.312 e. The van der Waals surface area contributed by atoms with E-state index in [1.54, 1.807) is 22.0 Å². The second kappa shape index (κ2) is 12.1. The summed E-state index contributed by atoms with van der Waals surface area (Å²) in [6.45, 7) is 17.5. The SMILES string of the molecule is C=CCCCOC(=O)[C@@H]1[C@H]2C(=O)N([C@@H](CO)C(C)C)C(C(=O)N(CC=C)c3c(C)cccc3C)C23CC[C@@]1(CC)O3. The number of allylic oxidation sites excluding steroid dienone is 1. The van der Waals surface area contributed by atoms with E-state index < -0.39 is 41.1 Å². The highest BCUT2D eigenvalue weighted by atomic mass is 16.6. The number of anilines is 1. The number of esters is 1. The van der Waals surface area contributed by atoms with Gasteiger partial charge in [-0.25, -0.2) is 0 Å². The Bertz CT molecular complexity index is 1180. The number of benzene rings is 1. The quantitative estimate of drug-likeness (QED) is 0.215. The lowest BCUT2D eigenvalue weighted by Gasteiger charge is -2.41. The number of hydrogen-bond donors (Lipinski definition) is 1. The molecule has 0 radical (unpaired) electrons. The highest BCUT2D eigenvalue weighted by Gasteiger charge is 2.79. The van der Waals surface area contributed by atoms with Gasteiger partial charge in [0, 0.05) is 12.2 Å². The molecule has 3 fully saturated rings. The third-order valence-corrected chi connectivity index (χ3v) is 9.50. The van der Waals surface area contributed by atoms with E-state index in [2.05, 4.69) is 13.2 Å². The van der Waals surface area contributed by atoms with Crippen LogP contribution in [-0.2, 0) is 23.9 Å². The fraction of sp³-hybridized carbons (Fsp3) is 0.606. The summed E-state index contributed by atoms with van der Waals surface area (Å²) in [7, 11) is 0. The van der Waals surface area contributed by atoms with Crippen LogP contribution in [-0.4, -0.2) is 70.8 Å². The summed E-state index contributed by atoms with van der Waals surface area (Å²) in [6, 6.07) is 4.23. The molecular formula is C33H46N2O6. The number of ether oxygens (including phenoxy) is 2. The zero-order valence-corrected chi connectivity index (χ0v) is 25.2. The lowest BCUT2D eigenvalue weighted by molar-refractivity contribution is -0.162. The summed E-state index contributed by atoms with van der Waals surface area (Å²) < 4.78 is 12.6. The maximum absolute atomic E-state index is 14.9. The Morgan fingerprint density at radius 2 is 1.90 bits per heavy atom. The Morgan fingerprint density at radius 3 is 2.46 bits per heavy atom. The number of rotatable bonds is 13. The number of aryl methyl sites for hydroxylation is 2. The van der Waals surface area contributed by atoms with Crippen LogP contribution >= 0.6 is 0 Å². The van der Waals surface area contributed by atoms with Crippen LogP contribution in [0.5, 0.6) is 0 Å². The molecule has 1 N–H and O–H groups in total. The topological polar surface area (TPSA) is 96.4 Å². The van der Waals surface area contributed by atoms with Crippen LogP contribution < -0.4 is 4.90 Å². The van der Waals surface area contributed by atoms with Crippen molar-refractivity contribution in [1.82, 2.24) is 4.90 Å². The van der Waals surface area contributed by atoms with Gasteiger partial charge in [0.15, 0.2) is 0 Å². The van der Waals surface area contributed by atoms with Gasteiger partial charge in [0.1, 0.15) is 17.6 Å². The summed E-state index contributed by atoms with van der Waals surface area (Å²) in [5, 5.41) is 10.5. The monoisotopic (exact) mass is 566 g/mol. The minimum Gasteiger partial charge on any atom is -0.465 e. The first-order valence-corrected chi connectivity index (χ1v) is 14.9. The molecule has 1 aromatic rings. The number of carbonyl (C=O) groups is 3. The van der Waals surface area contributed by atoms with E-state index in [0.717, 1.165) is 16.8 Å². The largest absolute Gasteiger partial charge is 0.465 e. The number of para-hydroxylation sites is 1. The Morgan fingerprint density at radius 1 is 1.22 bits per heavy atom. The highest BCUT2D eigenvalue weighted by molar-refractivity contribution is 6.05. The molecule has 8 heteroatoms. The fourth-order valence-corrected chi connectivity index (χ4v) is 7.56. The number of hydrogen-bond acceptors (Lipinski definition) is 6. The second-order valence-electron chi connectivity index (χ2n) is 12.1. The van der Waals surface area contributed by atoms with Crippen LogP contribution in [0.4, 0.5) is 5.69 Å². The molecule has 3 saturated heterocycles. The standard InChI is InChI=1S/C33H46N2O6/c1-8-11-12-19-40-31(39)26-25-29(37)35(24(20-36)21(4)5)28(33(25)17-16-32(26,10-3)41-33)30(38)34(18-9-2)27-22(6)14-13-15-23(27)7/h8-9,13-15,21,24-26,28,36H,1-2,10-12,16-20H2,3-7H3/t24-,25-,26-,28?,32+,33?/m0/s1. The molecule has 3 aliphatic rings. The fourth-order valence-electron chi connectivity index (χ4n) is 7.56. The number of carbonyl (C=O) groups excluding carboxylic acids is 3. The molecule has 41 heavy (non-hydrogen) atoms. The first-order chi connectivity index (χ1) is 19.5. The predicted octanol–water partition coefficient (Wildman–Crippen LogP) is 4.50. The van der Waals surface area contributed by atoms with Crippen LogP contribution in [0.25, 0.3) is 0 Å². The van der Waals surface area contributed by atoms with Crippen molar-refractivity contribution >= 4 is 23.5 Å². The van der Waals surface area contributed by atoms with E-state index in [1.807, 2.05) is 52.8 Å². The molecule has 1 spiro atoms. The van der Waals surface area contributed by atoms with E-state index in [1.165, 1.54) is 0 Å². The third-order valence-electron chi connectivity index (χ3n) is 9.50. The summed E-state index contributed by atoms with van der Waals surface area (Å²) in [5.74, 6) is -2.88. The molecule has 2 bridgehead atoms. The number of amides is 2. The average Bonchev–Trinajstić information content (AvgIpc) is 3.54. The van der Waals surface area contributed by atoms with E-state index in [-0.39, 0.29) is 37.5 Å². The number of fused-ring (bicyclic) bond motifs is 1. The molecule has 4 rings (SSSR count). The van der Waals surface area contributed by atoms with Crippen LogP contribution in [0.2, 0.25) is 0 Å². The summed E-state index contributed by atoms with van der Waals surface area (Å²) in [4.78, 5) is 46.3. The number of nitrogens with zero attached hydrogens (tertiary/aromatic N) is 2. The van der Waals surface area contributed by atoms with Crippen molar-refractivity contribution in [3.8, 4) is 0 Å². The molecule has 6 atom stereocenters. The average molecular weight is 567 g/mol. The van der Waals surface area contributed by atoms with Crippen LogP contribution in [0, 0.1) is 31.6 Å². The zero-order valence-electron chi connectivity index (χ0n) is 25.2. The van der Waals surface area contributed by atoms with Crippen LogP contribution in [0.1, 0.15) is 64.0 Å². The molecular weight excluding hydrogens is 520 g/mol. The molecule has 8 nitrogen and oxygen atoms in total. The van der Waals surface area contributed by atoms with Gasteiger partial charge in [-0.05, 0) is 63.0 Å². The number of likely N-dealkylation sites (tertiary alicyclic amines) is 1. The van der Waals surface area contributed by atoms with Crippen molar-refractivity contribution in [1.29, 1.82) is 0 Å². The molecule has 0 aromatic heterocycles. The Labute approximate surface area is 244 Å². The van der Waals surface area contributed by atoms with E-state index in [0.29, 0.717) is 32.1 Å². The van der Waals surface area contributed by atoms with Gasteiger partial charge in [-0.1, -0.05) is 51.1 Å². The molecule has 3 heterocycles. The number of unbranched alkanes of at least 4 members (excludes halogenated alkanes) is 1. The van der Waals surface area contributed by atoms with Crippen LogP contribution in [0.3, 0.4) is 0 Å². The summed E-state index contributed by atoms with van der Waals surface area (Å²) in [6.07, 6.45) is 6.35. The van der Waals surface area contributed by atoms with Gasteiger partial charge in [0.25, 0.3) is 5.91 Å². The molecule has 2 unspecified atom stereocenters.